The zero-order valence-corrected chi connectivity index (χ0v) is 13.2. The number of amides is 1. The lowest BCUT2D eigenvalue weighted by atomic mass is 9.97. The number of nitrogens with zero attached hydrogens (tertiary/aromatic N) is 2. The second-order valence-electron chi connectivity index (χ2n) is 5.68. The van der Waals surface area contributed by atoms with E-state index in [1.807, 2.05) is 11.8 Å². The van der Waals surface area contributed by atoms with Crippen molar-refractivity contribution < 1.29 is 13.2 Å². The van der Waals surface area contributed by atoms with E-state index in [2.05, 4.69) is 5.32 Å². The van der Waals surface area contributed by atoms with E-state index in [0.717, 1.165) is 32.5 Å². The van der Waals surface area contributed by atoms with Crippen molar-refractivity contribution in [2.75, 3.05) is 38.5 Å². The molecule has 116 valence electrons. The summed E-state index contributed by atoms with van der Waals surface area (Å²) >= 11 is 0. The van der Waals surface area contributed by atoms with Crippen molar-refractivity contribution in [3.63, 3.8) is 0 Å². The minimum atomic E-state index is -3.18. The molecule has 0 aromatic carbocycles. The summed E-state index contributed by atoms with van der Waals surface area (Å²) in [4.78, 5) is 14.5. The lowest BCUT2D eigenvalue weighted by Gasteiger charge is -2.39. The topological polar surface area (TPSA) is 69.7 Å². The predicted octanol–water partition coefficient (Wildman–Crippen LogP) is -0.132. The molecule has 6 nitrogen and oxygen atoms in total. The smallest absolute Gasteiger partial charge is 0.227 e. The van der Waals surface area contributed by atoms with Crippen molar-refractivity contribution in [3.8, 4) is 0 Å². The van der Waals surface area contributed by atoms with Gasteiger partial charge in [-0.1, -0.05) is 0 Å². The molecule has 2 heterocycles. The first-order valence-corrected chi connectivity index (χ1v) is 9.05. The maximum atomic E-state index is 12.6. The minimum Gasteiger partial charge on any atom is -0.337 e. The maximum absolute atomic E-state index is 12.6. The Morgan fingerprint density at radius 1 is 1.35 bits per heavy atom. The van der Waals surface area contributed by atoms with Crippen molar-refractivity contribution in [1.29, 1.82) is 0 Å². The van der Waals surface area contributed by atoms with Gasteiger partial charge in [0.25, 0.3) is 0 Å². The summed E-state index contributed by atoms with van der Waals surface area (Å²) in [6, 6.07) is 0.189. The second-order valence-corrected chi connectivity index (χ2v) is 7.94. The van der Waals surface area contributed by atoms with Crippen LogP contribution in [0, 0.1) is 5.92 Å². The monoisotopic (exact) mass is 303 g/mol. The number of carbonyl (C=O) groups excluding carboxylic acids is 1. The summed E-state index contributed by atoms with van der Waals surface area (Å²) in [5.74, 6) is 0.0541. The van der Waals surface area contributed by atoms with Gasteiger partial charge in [0.2, 0.25) is 15.9 Å². The Bertz CT molecular complexity index is 452. The van der Waals surface area contributed by atoms with Gasteiger partial charge in [0.15, 0.2) is 0 Å². The number of sulfonamides is 1. The van der Waals surface area contributed by atoms with Gasteiger partial charge in [0, 0.05) is 38.8 Å². The molecule has 1 N–H and O–H groups in total. The van der Waals surface area contributed by atoms with Crippen molar-refractivity contribution >= 4 is 15.9 Å². The standard InChI is InChI=1S/C13H25N3O3S/c1-3-20(18,19)15-7-4-5-12(10-15)13(17)16-8-6-14-9-11(16)2/h11-12,14H,3-10H2,1-2H3/t11-,12?/m0/s1. The molecule has 0 bridgehead atoms. The van der Waals surface area contributed by atoms with Crippen LogP contribution in [0.1, 0.15) is 26.7 Å². The van der Waals surface area contributed by atoms with Gasteiger partial charge in [0.1, 0.15) is 0 Å². The summed E-state index contributed by atoms with van der Waals surface area (Å²) < 4.78 is 25.4. The average Bonchev–Trinajstić information content (AvgIpc) is 2.47. The van der Waals surface area contributed by atoms with Crippen LogP contribution in [0.25, 0.3) is 0 Å². The number of piperazine rings is 1. The summed E-state index contributed by atoms with van der Waals surface area (Å²) in [6.45, 7) is 6.95. The fraction of sp³-hybridized carbons (Fsp3) is 0.923. The zero-order chi connectivity index (χ0) is 14.8. The van der Waals surface area contributed by atoms with Gasteiger partial charge >= 0.3 is 0 Å². The molecule has 7 heteroatoms. The van der Waals surface area contributed by atoms with Gasteiger partial charge < -0.3 is 10.2 Å². The van der Waals surface area contributed by atoms with Crippen LogP contribution < -0.4 is 5.32 Å². The lowest BCUT2D eigenvalue weighted by molar-refractivity contribution is -0.139. The Morgan fingerprint density at radius 2 is 2.10 bits per heavy atom. The molecule has 2 aliphatic heterocycles. The molecular weight excluding hydrogens is 278 g/mol. The van der Waals surface area contributed by atoms with Crippen molar-refractivity contribution in [3.05, 3.63) is 0 Å². The summed E-state index contributed by atoms with van der Waals surface area (Å²) in [6.07, 6.45) is 1.57. The van der Waals surface area contributed by atoms with Gasteiger partial charge in [0.05, 0.1) is 11.7 Å². The SMILES string of the molecule is CCS(=O)(=O)N1CCCC(C(=O)N2CCNC[C@@H]2C)C1. The highest BCUT2D eigenvalue weighted by molar-refractivity contribution is 7.89. The average molecular weight is 303 g/mol. The third-order valence-corrected chi connectivity index (χ3v) is 6.12. The van der Waals surface area contributed by atoms with E-state index >= 15 is 0 Å². The molecule has 2 saturated heterocycles. The van der Waals surface area contributed by atoms with Crippen LogP contribution in [0.4, 0.5) is 0 Å². The number of hydrogen-bond acceptors (Lipinski definition) is 4. The van der Waals surface area contributed by atoms with E-state index < -0.39 is 10.0 Å². The first-order valence-electron chi connectivity index (χ1n) is 7.44. The molecule has 1 amide bonds. The van der Waals surface area contributed by atoms with E-state index in [1.54, 1.807) is 6.92 Å². The van der Waals surface area contributed by atoms with E-state index in [9.17, 15) is 13.2 Å². The molecular formula is C13H25N3O3S. The fourth-order valence-electron chi connectivity index (χ4n) is 2.98. The second kappa shape index (κ2) is 6.41. The maximum Gasteiger partial charge on any atom is 0.227 e. The van der Waals surface area contributed by atoms with Crippen LogP contribution in [-0.4, -0.2) is 68.0 Å². The van der Waals surface area contributed by atoms with Crippen molar-refractivity contribution in [2.24, 2.45) is 5.92 Å². The molecule has 2 rings (SSSR count). The first-order chi connectivity index (χ1) is 9.45. The molecule has 2 aliphatic rings. The summed E-state index contributed by atoms with van der Waals surface area (Å²) in [5.41, 5.74) is 0. The van der Waals surface area contributed by atoms with Crippen LogP contribution in [0.3, 0.4) is 0 Å². The van der Waals surface area contributed by atoms with Crippen LogP contribution in [0.15, 0.2) is 0 Å². The highest BCUT2D eigenvalue weighted by atomic mass is 32.2. The van der Waals surface area contributed by atoms with Crippen LogP contribution in [-0.2, 0) is 14.8 Å². The molecule has 0 aliphatic carbocycles. The summed E-state index contributed by atoms with van der Waals surface area (Å²) in [7, 11) is -3.18. The van der Waals surface area contributed by atoms with Gasteiger partial charge in [-0.3, -0.25) is 4.79 Å². The fourth-order valence-corrected chi connectivity index (χ4v) is 4.16. The Hall–Kier alpha value is -0.660. The number of rotatable bonds is 3. The molecule has 0 aromatic heterocycles. The number of piperidine rings is 1. The molecule has 1 unspecified atom stereocenters. The Balaban J connectivity index is 2.03. The molecule has 20 heavy (non-hydrogen) atoms. The van der Waals surface area contributed by atoms with E-state index in [4.69, 9.17) is 0 Å². The molecule has 0 saturated carbocycles. The normalized spacial score (nSPS) is 29.4. The quantitative estimate of drug-likeness (QED) is 0.788. The van der Waals surface area contributed by atoms with E-state index in [-0.39, 0.29) is 23.6 Å². The number of hydrogen-bond donors (Lipinski definition) is 1. The van der Waals surface area contributed by atoms with Gasteiger partial charge in [-0.05, 0) is 26.7 Å². The third-order valence-electron chi connectivity index (χ3n) is 4.28. The largest absolute Gasteiger partial charge is 0.337 e. The third kappa shape index (κ3) is 3.32. The molecule has 2 fully saturated rings. The molecule has 2 atom stereocenters. The predicted molar refractivity (Wildman–Crippen MR) is 77.8 cm³/mol. The minimum absolute atomic E-state index is 0.109. The van der Waals surface area contributed by atoms with Gasteiger partial charge in [-0.2, -0.15) is 0 Å². The number of carbonyl (C=O) groups is 1. The highest BCUT2D eigenvalue weighted by Crippen LogP contribution is 2.22. The molecule has 0 radical (unpaired) electrons. The highest BCUT2D eigenvalue weighted by Gasteiger charge is 2.35. The summed E-state index contributed by atoms with van der Waals surface area (Å²) in [5, 5.41) is 3.26. The van der Waals surface area contributed by atoms with Crippen molar-refractivity contribution in [1.82, 2.24) is 14.5 Å². The molecule has 0 spiro atoms. The van der Waals surface area contributed by atoms with Crippen LogP contribution in [0.2, 0.25) is 0 Å². The van der Waals surface area contributed by atoms with Gasteiger partial charge in [-0.25, -0.2) is 12.7 Å². The van der Waals surface area contributed by atoms with Crippen molar-refractivity contribution in [2.45, 2.75) is 32.7 Å². The van der Waals surface area contributed by atoms with E-state index in [1.165, 1.54) is 4.31 Å². The lowest BCUT2D eigenvalue weighted by Crippen LogP contribution is -2.56. The zero-order valence-electron chi connectivity index (χ0n) is 12.3. The Morgan fingerprint density at radius 3 is 2.75 bits per heavy atom. The Kier molecular flexibility index (Phi) is 5.04. The van der Waals surface area contributed by atoms with Gasteiger partial charge in [-0.15, -0.1) is 0 Å². The Labute approximate surface area is 121 Å². The number of nitrogens with one attached hydrogen (secondary N) is 1. The molecule has 0 aromatic rings. The van der Waals surface area contributed by atoms with E-state index in [0.29, 0.717) is 13.1 Å². The first kappa shape index (κ1) is 15.7. The van der Waals surface area contributed by atoms with Crippen LogP contribution >= 0.6 is 0 Å². The van der Waals surface area contributed by atoms with Crippen LogP contribution in [0.5, 0.6) is 0 Å².